The Balaban J connectivity index is 1.92. The number of benzene rings is 2. The molecule has 1 aliphatic carbocycles. The van der Waals surface area contributed by atoms with E-state index in [1.807, 2.05) is 42.5 Å². The molecule has 26 heavy (non-hydrogen) atoms. The Labute approximate surface area is 157 Å². The van der Waals surface area contributed by atoms with E-state index in [2.05, 4.69) is 4.57 Å². The highest BCUT2D eigenvalue weighted by molar-refractivity contribution is 6.30. The van der Waals surface area contributed by atoms with Gasteiger partial charge in [0.1, 0.15) is 5.75 Å². The third-order valence-corrected chi connectivity index (χ3v) is 5.48. The molecule has 0 fully saturated rings. The molecule has 0 amide bonds. The van der Waals surface area contributed by atoms with Crippen molar-refractivity contribution in [2.45, 2.75) is 31.7 Å². The number of hydrogen-bond donors (Lipinski definition) is 1. The number of hydrogen-bond acceptors (Lipinski definition) is 2. The van der Waals surface area contributed by atoms with Gasteiger partial charge in [0.25, 0.3) is 0 Å². The Morgan fingerprint density at radius 2 is 2.04 bits per heavy atom. The van der Waals surface area contributed by atoms with Crippen molar-refractivity contribution in [3.63, 3.8) is 0 Å². The van der Waals surface area contributed by atoms with Crippen molar-refractivity contribution < 1.29 is 14.6 Å². The fourth-order valence-electron chi connectivity index (χ4n) is 4.02. The monoisotopic (exact) mass is 369 g/mol. The first-order valence-corrected chi connectivity index (χ1v) is 9.12. The van der Waals surface area contributed by atoms with E-state index in [4.69, 9.17) is 16.3 Å². The summed E-state index contributed by atoms with van der Waals surface area (Å²) >= 11 is 6.01. The summed E-state index contributed by atoms with van der Waals surface area (Å²) in [6.45, 7) is 0.696. The first-order chi connectivity index (χ1) is 12.6. The quantitative estimate of drug-likeness (QED) is 0.714. The van der Waals surface area contributed by atoms with Gasteiger partial charge >= 0.3 is 5.97 Å². The van der Waals surface area contributed by atoms with Gasteiger partial charge in [0, 0.05) is 28.2 Å². The Hall–Kier alpha value is -2.46. The highest BCUT2D eigenvalue weighted by atomic mass is 35.5. The first kappa shape index (κ1) is 17.0. The topological polar surface area (TPSA) is 51.5 Å². The van der Waals surface area contributed by atoms with E-state index in [-0.39, 0.29) is 0 Å². The molecule has 1 N–H and O–H groups in total. The summed E-state index contributed by atoms with van der Waals surface area (Å²) in [5, 5.41) is 11.4. The first-order valence-electron chi connectivity index (χ1n) is 8.74. The number of nitrogens with zero attached hydrogens (tertiary/aromatic N) is 1. The van der Waals surface area contributed by atoms with Gasteiger partial charge in [0.2, 0.25) is 0 Å². The zero-order valence-electron chi connectivity index (χ0n) is 14.5. The molecule has 4 nitrogen and oxygen atoms in total. The van der Waals surface area contributed by atoms with Crippen molar-refractivity contribution in [1.29, 1.82) is 0 Å². The predicted molar refractivity (Wildman–Crippen MR) is 102 cm³/mol. The van der Waals surface area contributed by atoms with Crippen LogP contribution in [-0.4, -0.2) is 22.8 Å². The van der Waals surface area contributed by atoms with Crippen molar-refractivity contribution in [3.8, 4) is 5.75 Å². The molecule has 1 heterocycles. The van der Waals surface area contributed by atoms with Crippen LogP contribution >= 0.6 is 11.6 Å². The summed E-state index contributed by atoms with van der Waals surface area (Å²) in [6.07, 6.45) is 2.46. The minimum absolute atomic E-state index is 0.458. The second kappa shape index (κ2) is 6.69. The van der Waals surface area contributed by atoms with E-state index in [9.17, 15) is 9.90 Å². The van der Waals surface area contributed by atoms with Gasteiger partial charge in [0.15, 0.2) is 0 Å². The number of rotatable bonds is 4. The number of ether oxygens (including phenoxy) is 1. The fourth-order valence-corrected chi connectivity index (χ4v) is 4.14. The van der Waals surface area contributed by atoms with Gasteiger partial charge in [-0.3, -0.25) is 4.79 Å². The molecule has 0 saturated heterocycles. The Morgan fingerprint density at radius 1 is 1.27 bits per heavy atom. The molecule has 0 saturated carbocycles. The average molecular weight is 370 g/mol. The largest absolute Gasteiger partial charge is 0.497 e. The van der Waals surface area contributed by atoms with Crippen LogP contribution in [0.2, 0.25) is 5.02 Å². The van der Waals surface area contributed by atoms with Crippen LogP contribution < -0.4 is 4.74 Å². The summed E-state index contributed by atoms with van der Waals surface area (Å²) in [4.78, 5) is 11.9. The highest BCUT2D eigenvalue weighted by Crippen LogP contribution is 2.41. The van der Waals surface area contributed by atoms with E-state index >= 15 is 0 Å². The van der Waals surface area contributed by atoms with E-state index in [0.717, 1.165) is 46.3 Å². The van der Waals surface area contributed by atoms with Gasteiger partial charge < -0.3 is 14.4 Å². The van der Waals surface area contributed by atoms with Crippen LogP contribution in [-0.2, 0) is 17.8 Å². The number of halogens is 1. The molecule has 3 aromatic rings. The van der Waals surface area contributed by atoms with Gasteiger partial charge in [-0.15, -0.1) is 0 Å². The van der Waals surface area contributed by atoms with Crippen LogP contribution in [0.5, 0.6) is 5.75 Å². The van der Waals surface area contributed by atoms with Gasteiger partial charge in [-0.05, 0) is 60.7 Å². The number of carbonyl (C=O) groups is 1. The Bertz CT molecular complexity index is 975. The van der Waals surface area contributed by atoms with Crippen molar-refractivity contribution in [3.05, 3.63) is 64.3 Å². The maximum atomic E-state index is 11.9. The molecular weight excluding hydrogens is 350 g/mol. The summed E-state index contributed by atoms with van der Waals surface area (Å²) in [5.41, 5.74) is 4.27. The summed E-state index contributed by atoms with van der Waals surface area (Å²) in [7, 11) is 1.63. The molecule has 5 heteroatoms. The number of carboxylic acids is 1. The van der Waals surface area contributed by atoms with E-state index in [1.54, 1.807) is 7.11 Å². The lowest BCUT2D eigenvalue weighted by molar-refractivity contribution is -0.139. The van der Waals surface area contributed by atoms with Crippen LogP contribution in [0, 0.1) is 0 Å². The molecular formula is C21H20ClNO3. The molecule has 1 unspecified atom stereocenters. The molecule has 134 valence electrons. The molecule has 1 atom stereocenters. The summed E-state index contributed by atoms with van der Waals surface area (Å²) in [5.74, 6) is -0.460. The van der Waals surface area contributed by atoms with Crippen molar-refractivity contribution in [2.24, 2.45) is 0 Å². The standard InChI is InChI=1S/C21H20ClNO3/c1-26-15-9-10-18-17(11-15)20-16(21(24)25)3-2-4-19(20)23(18)12-13-5-7-14(22)8-6-13/h5-11,16H,2-4,12H2,1H3,(H,24,25). The molecule has 0 radical (unpaired) electrons. The molecule has 0 bridgehead atoms. The van der Waals surface area contributed by atoms with Gasteiger partial charge in [-0.2, -0.15) is 0 Å². The minimum Gasteiger partial charge on any atom is -0.497 e. The molecule has 2 aromatic carbocycles. The minimum atomic E-state index is -0.751. The van der Waals surface area contributed by atoms with Crippen LogP contribution in [0.15, 0.2) is 42.5 Å². The van der Waals surface area contributed by atoms with Crippen molar-refractivity contribution in [2.75, 3.05) is 7.11 Å². The molecule has 1 aromatic heterocycles. The fraction of sp³-hybridized carbons (Fsp3) is 0.286. The molecule has 4 rings (SSSR count). The maximum absolute atomic E-state index is 11.9. The van der Waals surface area contributed by atoms with Crippen molar-refractivity contribution >= 4 is 28.5 Å². The lowest BCUT2D eigenvalue weighted by Gasteiger charge is -2.21. The maximum Gasteiger partial charge on any atom is 0.311 e. The summed E-state index contributed by atoms with van der Waals surface area (Å²) < 4.78 is 7.63. The van der Waals surface area contributed by atoms with Crippen LogP contribution in [0.4, 0.5) is 0 Å². The predicted octanol–water partition coefficient (Wildman–Crippen LogP) is 4.86. The van der Waals surface area contributed by atoms with Gasteiger partial charge in [-0.1, -0.05) is 23.7 Å². The third kappa shape index (κ3) is 2.84. The summed E-state index contributed by atoms with van der Waals surface area (Å²) in [6, 6.07) is 13.7. The normalized spacial score (nSPS) is 16.5. The van der Waals surface area contributed by atoms with Crippen LogP contribution in [0.1, 0.15) is 35.6 Å². The number of methoxy groups -OCH3 is 1. The zero-order chi connectivity index (χ0) is 18.3. The second-order valence-electron chi connectivity index (χ2n) is 6.74. The average Bonchev–Trinajstić information content (AvgIpc) is 2.96. The lowest BCUT2D eigenvalue weighted by atomic mass is 9.85. The lowest BCUT2D eigenvalue weighted by Crippen LogP contribution is -2.19. The van der Waals surface area contributed by atoms with Crippen LogP contribution in [0.25, 0.3) is 10.9 Å². The number of fused-ring (bicyclic) bond motifs is 3. The molecule has 1 aliphatic rings. The number of aromatic nitrogens is 1. The van der Waals surface area contributed by atoms with E-state index in [0.29, 0.717) is 18.0 Å². The highest BCUT2D eigenvalue weighted by Gasteiger charge is 2.32. The van der Waals surface area contributed by atoms with Gasteiger partial charge in [0.05, 0.1) is 13.0 Å². The number of aliphatic carboxylic acids is 1. The van der Waals surface area contributed by atoms with Crippen molar-refractivity contribution in [1.82, 2.24) is 4.57 Å². The zero-order valence-corrected chi connectivity index (χ0v) is 15.3. The number of carboxylic acid groups (broad SMARTS) is 1. The van der Waals surface area contributed by atoms with E-state index in [1.165, 1.54) is 0 Å². The second-order valence-corrected chi connectivity index (χ2v) is 7.18. The van der Waals surface area contributed by atoms with E-state index < -0.39 is 11.9 Å². The Kier molecular flexibility index (Phi) is 4.37. The Morgan fingerprint density at radius 3 is 2.73 bits per heavy atom. The SMILES string of the molecule is COc1ccc2c(c1)c1c(n2Cc2ccc(Cl)cc2)CCCC1C(=O)O. The molecule has 0 spiro atoms. The third-order valence-electron chi connectivity index (χ3n) is 5.23. The smallest absolute Gasteiger partial charge is 0.311 e. The molecule has 0 aliphatic heterocycles. The van der Waals surface area contributed by atoms with Crippen LogP contribution in [0.3, 0.4) is 0 Å². The van der Waals surface area contributed by atoms with Gasteiger partial charge in [-0.25, -0.2) is 0 Å².